The third-order valence-corrected chi connectivity index (χ3v) is 4.68. The number of nitrogens with one attached hydrogen (secondary N) is 1. The van der Waals surface area contributed by atoms with Crippen LogP contribution >= 0.6 is 0 Å². The largest absolute Gasteiger partial charge is 0.489 e. The Bertz CT molecular complexity index is 1160. The minimum atomic E-state index is -1.02. The summed E-state index contributed by atoms with van der Waals surface area (Å²) >= 11 is 0. The van der Waals surface area contributed by atoms with Gasteiger partial charge in [-0.3, -0.25) is 4.79 Å². The normalized spacial score (nSPS) is 11.8. The number of hydrogen-bond donors (Lipinski definition) is 1. The lowest BCUT2D eigenvalue weighted by Crippen LogP contribution is -2.35. The van der Waals surface area contributed by atoms with Crippen molar-refractivity contribution < 1.29 is 27.9 Å². The van der Waals surface area contributed by atoms with Crippen molar-refractivity contribution in [2.45, 2.75) is 26.2 Å². The third-order valence-electron chi connectivity index (χ3n) is 4.68. The molecule has 1 atom stereocenters. The first-order valence-corrected chi connectivity index (χ1v) is 9.81. The summed E-state index contributed by atoms with van der Waals surface area (Å²) in [4.78, 5) is 25.1. The van der Waals surface area contributed by atoms with E-state index in [1.54, 1.807) is 18.2 Å². The van der Waals surface area contributed by atoms with Crippen LogP contribution in [0.25, 0.3) is 11.0 Å². The van der Waals surface area contributed by atoms with E-state index in [4.69, 9.17) is 18.3 Å². The lowest BCUT2D eigenvalue weighted by atomic mass is 10.1. The predicted molar refractivity (Wildman–Crippen MR) is 112 cm³/mol. The van der Waals surface area contributed by atoms with Gasteiger partial charge in [-0.25, -0.2) is 4.79 Å². The Balaban J connectivity index is 1.48. The first-order valence-electron chi connectivity index (χ1n) is 9.81. The second-order valence-corrected chi connectivity index (χ2v) is 6.85. The zero-order chi connectivity index (χ0) is 21.6. The first kappa shape index (κ1) is 20.3. The maximum atomic E-state index is 12.8. The van der Waals surface area contributed by atoms with Crippen LogP contribution in [0.4, 0.5) is 0 Å². The van der Waals surface area contributed by atoms with Crippen molar-refractivity contribution in [3.05, 3.63) is 90.1 Å². The highest BCUT2D eigenvalue weighted by atomic mass is 16.6. The monoisotopic (exact) mass is 419 g/mol. The van der Waals surface area contributed by atoms with Gasteiger partial charge in [0.05, 0.1) is 18.4 Å². The van der Waals surface area contributed by atoms with E-state index in [2.05, 4.69) is 5.32 Å². The van der Waals surface area contributed by atoms with Crippen LogP contribution in [0.1, 0.15) is 28.8 Å². The lowest BCUT2D eigenvalue weighted by Gasteiger charge is -2.13. The van der Waals surface area contributed by atoms with E-state index in [1.807, 2.05) is 48.5 Å². The van der Waals surface area contributed by atoms with Gasteiger partial charge < -0.3 is 23.6 Å². The van der Waals surface area contributed by atoms with Gasteiger partial charge in [-0.2, -0.15) is 0 Å². The predicted octanol–water partition coefficient (Wildman–Crippen LogP) is 4.47. The number of hydrogen-bond acceptors (Lipinski definition) is 6. The number of rotatable bonds is 8. The standard InChI is InChI=1S/C24H21NO6/c1-16(23(26)25-14-18-10-7-13-28-18)30-24(27)22-20(15-29-17-8-3-2-4-9-17)19-11-5-6-12-21(19)31-22/h2-13,16H,14-15H2,1H3,(H,25,26)/t16-/m0/s1. The maximum absolute atomic E-state index is 12.8. The Morgan fingerprint density at radius 3 is 2.55 bits per heavy atom. The number of amides is 1. The smallest absolute Gasteiger partial charge is 0.375 e. The molecule has 2 heterocycles. The van der Waals surface area contributed by atoms with Crippen molar-refractivity contribution in [3.8, 4) is 5.75 Å². The van der Waals surface area contributed by atoms with Crippen molar-refractivity contribution in [2.24, 2.45) is 0 Å². The average Bonchev–Trinajstić information content (AvgIpc) is 3.44. The summed E-state index contributed by atoms with van der Waals surface area (Å²) in [6.45, 7) is 1.82. The van der Waals surface area contributed by atoms with Crippen LogP contribution in [-0.2, 0) is 22.7 Å². The molecule has 4 rings (SSSR count). The van der Waals surface area contributed by atoms with Crippen LogP contribution in [0.2, 0.25) is 0 Å². The van der Waals surface area contributed by atoms with E-state index < -0.39 is 18.0 Å². The Morgan fingerprint density at radius 2 is 1.77 bits per heavy atom. The second-order valence-electron chi connectivity index (χ2n) is 6.85. The van der Waals surface area contributed by atoms with E-state index in [-0.39, 0.29) is 18.9 Å². The van der Waals surface area contributed by atoms with Crippen LogP contribution < -0.4 is 10.1 Å². The van der Waals surface area contributed by atoms with Crippen LogP contribution in [0.15, 0.2) is 81.8 Å². The molecule has 0 saturated heterocycles. The molecule has 0 aliphatic carbocycles. The third kappa shape index (κ3) is 4.78. The molecule has 0 unspecified atom stereocenters. The van der Waals surface area contributed by atoms with Crippen molar-refractivity contribution in [3.63, 3.8) is 0 Å². The van der Waals surface area contributed by atoms with E-state index in [0.717, 1.165) is 5.39 Å². The van der Waals surface area contributed by atoms with Gasteiger partial charge in [-0.1, -0.05) is 36.4 Å². The summed E-state index contributed by atoms with van der Waals surface area (Å²) in [5.74, 6) is 0.108. The van der Waals surface area contributed by atoms with Crippen LogP contribution in [-0.4, -0.2) is 18.0 Å². The van der Waals surface area contributed by atoms with Crippen molar-refractivity contribution in [2.75, 3.05) is 0 Å². The van der Waals surface area contributed by atoms with Crippen molar-refractivity contribution in [1.29, 1.82) is 0 Å². The number of ether oxygens (including phenoxy) is 2. The van der Waals surface area contributed by atoms with Gasteiger partial charge in [-0.15, -0.1) is 0 Å². The molecular formula is C24H21NO6. The molecule has 158 valence electrons. The number of benzene rings is 2. The average molecular weight is 419 g/mol. The molecule has 0 fully saturated rings. The molecule has 4 aromatic rings. The summed E-state index contributed by atoms with van der Waals surface area (Å²) in [6, 6.07) is 20.0. The summed E-state index contributed by atoms with van der Waals surface area (Å²) in [5.41, 5.74) is 1.10. The zero-order valence-corrected chi connectivity index (χ0v) is 16.9. The van der Waals surface area contributed by atoms with Crippen LogP contribution in [0.5, 0.6) is 5.75 Å². The van der Waals surface area contributed by atoms with Gasteiger partial charge in [0, 0.05) is 5.39 Å². The second kappa shape index (κ2) is 9.21. The van der Waals surface area contributed by atoms with E-state index >= 15 is 0 Å². The minimum absolute atomic E-state index is 0.0165. The molecule has 31 heavy (non-hydrogen) atoms. The van der Waals surface area contributed by atoms with E-state index in [0.29, 0.717) is 22.7 Å². The number of carbonyl (C=O) groups is 2. The summed E-state index contributed by atoms with van der Waals surface area (Å²) in [7, 11) is 0. The number of fused-ring (bicyclic) bond motifs is 1. The molecule has 2 aromatic carbocycles. The summed E-state index contributed by atoms with van der Waals surface area (Å²) in [5, 5.41) is 3.41. The molecule has 7 heteroatoms. The molecule has 0 bridgehead atoms. The highest BCUT2D eigenvalue weighted by Crippen LogP contribution is 2.28. The molecule has 0 spiro atoms. The van der Waals surface area contributed by atoms with Gasteiger partial charge >= 0.3 is 5.97 Å². The molecule has 7 nitrogen and oxygen atoms in total. The SMILES string of the molecule is C[C@H](OC(=O)c1oc2ccccc2c1COc1ccccc1)C(=O)NCc1ccco1. The molecule has 0 radical (unpaired) electrons. The topological polar surface area (TPSA) is 90.9 Å². The number of furan rings is 2. The summed E-state index contributed by atoms with van der Waals surface area (Å²) < 4.78 is 22.1. The van der Waals surface area contributed by atoms with Gasteiger partial charge in [0.25, 0.3) is 5.91 Å². The fourth-order valence-electron chi connectivity index (χ4n) is 3.08. The van der Waals surface area contributed by atoms with Crippen molar-refractivity contribution >= 4 is 22.8 Å². The molecule has 0 saturated carbocycles. The number of para-hydroxylation sites is 2. The Morgan fingerprint density at radius 1 is 1.00 bits per heavy atom. The fraction of sp³-hybridized carbons (Fsp3) is 0.167. The summed E-state index contributed by atoms with van der Waals surface area (Å²) in [6.07, 6.45) is 0.504. The lowest BCUT2D eigenvalue weighted by molar-refractivity contribution is -0.129. The van der Waals surface area contributed by atoms with Gasteiger partial charge in [0.15, 0.2) is 6.10 Å². The van der Waals surface area contributed by atoms with Crippen molar-refractivity contribution in [1.82, 2.24) is 5.32 Å². The minimum Gasteiger partial charge on any atom is -0.489 e. The Kier molecular flexibility index (Phi) is 6.03. The molecular weight excluding hydrogens is 398 g/mol. The van der Waals surface area contributed by atoms with Crippen LogP contribution in [0.3, 0.4) is 0 Å². The van der Waals surface area contributed by atoms with Crippen LogP contribution in [0, 0.1) is 0 Å². The van der Waals surface area contributed by atoms with Gasteiger partial charge in [0.1, 0.15) is 23.7 Å². The highest BCUT2D eigenvalue weighted by molar-refractivity contribution is 5.97. The maximum Gasteiger partial charge on any atom is 0.375 e. The van der Waals surface area contributed by atoms with E-state index in [9.17, 15) is 9.59 Å². The molecule has 0 aliphatic rings. The molecule has 1 N–H and O–H groups in total. The fourth-order valence-corrected chi connectivity index (χ4v) is 3.08. The quantitative estimate of drug-likeness (QED) is 0.424. The van der Waals surface area contributed by atoms with Gasteiger partial charge in [0.2, 0.25) is 5.76 Å². The molecule has 0 aliphatic heterocycles. The van der Waals surface area contributed by atoms with Gasteiger partial charge in [-0.05, 0) is 37.3 Å². The number of carbonyl (C=O) groups excluding carboxylic acids is 2. The highest BCUT2D eigenvalue weighted by Gasteiger charge is 2.26. The van der Waals surface area contributed by atoms with E-state index in [1.165, 1.54) is 13.2 Å². The Hall–Kier alpha value is -4.00. The molecule has 1 amide bonds. The Labute approximate surface area is 178 Å². The molecule has 2 aromatic heterocycles. The first-order chi connectivity index (χ1) is 15.1. The zero-order valence-electron chi connectivity index (χ0n) is 16.9. The number of esters is 1.